The number of amides is 1. The zero-order valence-corrected chi connectivity index (χ0v) is 25.9. The number of rotatable bonds is 10. The quantitative estimate of drug-likeness (QED) is 0.271. The first-order valence-electron chi connectivity index (χ1n) is 14.3. The van der Waals surface area contributed by atoms with Crippen molar-refractivity contribution in [1.82, 2.24) is 9.88 Å². The second kappa shape index (κ2) is 18.1. The number of hydrogen-bond acceptors (Lipinski definition) is 9. The average Bonchev–Trinajstić information content (AvgIpc) is 3.03. The number of carbonyl (C=O) groups excluding carboxylic acids is 1. The van der Waals surface area contributed by atoms with Crippen molar-refractivity contribution in [3.8, 4) is 17.6 Å². The molecule has 10 nitrogen and oxygen atoms in total. The fourth-order valence-corrected chi connectivity index (χ4v) is 4.39. The number of aromatic nitrogens is 1. The SMILES string of the molecule is CC.CC.COc1cc2ncc(C#N)c(Nc3ccc(F)c(Cl)c3)c2cc1OCC(O)CC(O)CC(=O)N1CCOCC1. The van der Waals surface area contributed by atoms with Gasteiger partial charge in [-0.15, -0.1) is 0 Å². The van der Waals surface area contributed by atoms with Crippen molar-refractivity contribution in [2.45, 2.75) is 52.7 Å². The second-order valence-corrected chi connectivity index (χ2v) is 9.39. The second-order valence-electron chi connectivity index (χ2n) is 8.98. The molecular weight excluding hydrogens is 579 g/mol. The Morgan fingerprint density at radius 1 is 1.16 bits per heavy atom. The Labute approximate surface area is 256 Å². The number of morpholine rings is 1. The summed E-state index contributed by atoms with van der Waals surface area (Å²) in [5, 5.41) is 34.0. The topological polar surface area (TPSA) is 137 Å². The molecule has 1 aliphatic rings. The molecule has 43 heavy (non-hydrogen) atoms. The molecule has 0 bridgehead atoms. The Balaban J connectivity index is 0.00000155. The van der Waals surface area contributed by atoms with Gasteiger partial charge in [-0.2, -0.15) is 5.26 Å². The van der Waals surface area contributed by atoms with E-state index in [2.05, 4.69) is 16.4 Å². The van der Waals surface area contributed by atoms with Crippen LogP contribution in [0, 0.1) is 17.1 Å². The van der Waals surface area contributed by atoms with E-state index < -0.39 is 18.0 Å². The van der Waals surface area contributed by atoms with Crippen LogP contribution in [-0.2, 0) is 9.53 Å². The summed E-state index contributed by atoms with van der Waals surface area (Å²) in [7, 11) is 1.45. The average molecular weight is 619 g/mol. The van der Waals surface area contributed by atoms with E-state index in [4.69, 9.17) is 25.8 Å². The molecule has 0 spiro atoms. The third-order valence-electron chi connectivity index (χ3n) is 6.21. The fourth-order valence-electron chi connectivity index (χ4n) is 4.20. The third kappa shape index (κ3) is 9.93. The molecule has 4 rings (SSSR count). The lowest BCUT2D eigenvalue weighted by molar-refractivity contribution is -0.137. The first kappa shape index (κ1) is 35.5. The van der Waals surface area contributed by atoms with Crippen molar-refractivity contribution in [3.63, 3.8) is 0 Å². The monoisotopic (exact) mass is 618 g/mol. The van der Waals surface area contributed by atoms with Crippen molar-refractivity contribution in [3.05, 3.63) is 52.9 Å². The summed E-state index contributed by atoms with van der Waals surface area (Å²) >= 11 is 5.91. The number of ether oxygens (including phenoxy) is 3. The van der Waals surface area contributed by atoms with Crippen LogP contribution >= 0.6 is 11.6 Å². The maximum absolute atomic E-state index is 13.6. The number of fused-ring (bicyclic) bond motifs is 1. The standard InChI is InChI=1S/C27H28ClFN4O6.2C2H6/c1-37-24-12-23-20(27(16(13-30)14-31-23)32-17-2-3-22(29)21(28)8-17)11-25(24)39-15-19(35)9-18(34)10-26(36)33-4-6-38-7-5-33;2*1-2/h2-3,8,11-12,14,18-19,34-35H,4-7,9-10,15H2,1H3,(H,31,32);2*1-2H3. The number of benzene rings is 2. The maximum Gasteiger partial charge on any atom is 0.225 e. The summed E-state index contributed by atoms with van der Waals surface area (Å²) in [4.78, 5) is 18.3. The van der Waals surface area contributed by atoms with Crippen LogP contribution in [0.25, 0.3) is 10.9 Å². The van der Waals surface area contributed by atoms with Gasteiger partial charge in [-0.25, -0.2) is 4.39 Å². The van der Waals surface area contributed by atoms with Gasteiger partial charge in [0, 0.05) is 42.8 Å². The minimum absolute atomic E-state index is 0.0652. The highest BCUT2D eigenvalue weighted by atomic mass is 35.5. The van der Waals surface area contributed by atoms with E-state index in [1.807, 2.05) is 27.7 Å². The summed E-state index contributed by atoms with van der Waals surface area (Å²) in [5.41, 5.74) is 1.58. The molecule has 1 aliphatic heterocycles. The van der Waals surface area contributed by atoms with Crippen LogP contribution in [0.15, 0.2) is 36.5 Å². The van der Waals surface area contributed by atoms with E-state index >= 15 is 0 Å². The highest BCUT2D eigenvalue weighted by molar-refractivity contribution is 6.31. The van der Waals surface area contributed by atoms with E-state index in [-0.39, 0.29) is 41.7 Å². The van der Waals surface area contributed by atoms with Crippen LogP contribution in [0.1, 0.15) is 46.1 Å². The van der Waals surface area contributed by atoms with Crippen LogP contribution in [0.5, 0.6) is 11.5 Å². The number of nitrogens with zero attached hydrogens (tertiary/aromatic N) is 3. The summed E-state index contributed by atoms with van der Waals surface area (Å²) in [6.07, 6.45) is -0.885. The first-order valence-corrected chi connectivity index (χ1v) is 14.6. The van der Waals surface area contributed by atoms with Gasteiger partial charge in [0.05, 0.1) is 60.7 Å². The van der Waals surface area contributed by atoms with Crippen LogP contribution in [0.3, 0.4) is 0 Å². The molecule has 0 saturated carbocycles. The van der Waals surface area contributed by atoms with Crippen molar-refractivity contribution < 1.29 is 33.6 Å². The van der Waals surface area contributed by atoms with E-state index in [9.17, 15) is 24.7 Å². The molecule has 0 radical (unpaired) electrons. The molecule has 12 heteroatoms. The van der Waals surface area contributed by atoms with Crippen LogP contribution < -0.4 is 14.8 Å². The third-order valence-corrected chi connectivity index (χ3v) is 6.50. The van der Waals surface area contributed by atoms with Crippen molar-refractivity contribution in [1.29, 1.82) is 5.26 Å². The molecule has 1 aromatic heterocycles. The van der Waals surface area contributed by atoms with Gasteiger partial charge in [0.1, 0.15) is 18.5 Å². The highest BCUT2D eigenvalue weighted by Gasteiger charge is 2.22. The fraction of sp³-hybridized carbons (Fsp3) is 0.452. The molecule has 1 amide bonds. The van der Waals surface area contributed by atoms with Gasteiger partial charge in [0.15, 0.2) is 11.5 Å². The zero-order valence-electron chi connectivity index (χ0n) is 25.2. The van der Waals surface area contributed by atoms with Gasteiger partial charge in [-0.1, -0.05) is 39.3 Å². The molecule has 2 heterocycles. The number of hydrogen-bond donors (Lipinski definition) is 3. The minimum atomic E-state index is -1.07. The number of aliphatic hydroxyl groups excluding tert-OH is 2. The van der Waals surface area contributed by atoms with Crippen molar-refractivity contribution in [2.75, 3.05) is 45.3 Å². The Morgan fingerprint density at radius 2 is 1.86 bits per heavy atom. The van der Waals surface area contributed by atoms with E-state index in [0.717, 1.165) is 0 Å². The van der Waals surface area contributed by atoms with Gasteiger partial charge in [-0.3, -0.25) is 9.78 Å². The molecule has 2 unspecified atom stereocenters. The normalized spacial score (nSPS) is 13.8. The minimum Gasteiger partial charge on any atom is -0.493 e. The van der Waals surface area contributed by atoms with Gasteiger partial charge >= 0.3 is 0 Å². The Kier molecular flexibility index (Phi) is 14.9. The lowest BCUT2D eigenvalue weighted by Gasteiger charge is -2.28. The van der Waals surface area contributed by atoms with Crippen LogP contribution in [0.4, 0.5) is 15.8 Å². The summed E-state index contributed by atoms with van der Waals surface area (Å²) in [6.45, 7) is 9.70. The lowest BCUT2D eigenvalue weighted by atomic mass is 10.1. The van der Waals surface area contributed by atoms with Gasteiger partial charge in [-0.05, 0) is 24.3 Å². The lowest BCUT2D eigenvalue weighted by Crippen LogP contribution is -2.42. The molecule has 0 aliphatic carbocycles. The van der Waals surface area contributed by atoms with E-state index in [0.29, 0.717) is 54.3 Å². The molecule has 3 N–H and O–H groups in total. The smallest absolute Gasteiger partial charge is 0.225 e. The summed E-state index contributed by atoms with van der Waals surface area (Å²) in [6, 6.07) is 9.41. The van der Waals surface area contributed by atoms with E-state index in [1.54, 1.807) is 17.0 Å². The van der Waals surface area contributed by atoms with Gasteiger partial charge < -0.3 is 34.6 Å². The number of pyridine rings is 1. The largest absolute Gasteiger partial charge is 0.493 e. The molecule has 1 fully saturated rings. The van der Waals surface area contributed by atoms with Gasteiger partial charge in [0.2, 0.25) is 5.91 Å². The van der Waals surface area contributed by atoms with Crippen molar-refractivity contribution >= 4 is 39.8 Å². The summed E-state index contributed by atoms with van der Waals surface area (Å²) < 4.78 is 30.1. The van der Waals surface area contributed by atoms with Crippen LogP contribution in [-0.4, -0.2) is 78.2 Å². The number of nitrogens with one attached hydrogen (secondary N) is 1. The number of anilines is 2. The Bertz CT molecular complexity index is 1380. The number of aliphatic hydroxyl groups is 2. The number of methoxy groups -OCH3 is 1. The Morgan fingerprint density at radius 3 is 2.49 bits per heavy atom. The highest BCUT2D eigenvalue weighted by Crippen LogP contribution is 2.37. The maximum atomic E-state index is 13.6. The number of carbonyl (C=O) groups is 1. The number of nitriles is 1. The zero-order chi connectivity index (χ0) is 31.9. The summed E-state index contributed by atoms with van der Waals surface area (Å²) in [5.74, 6) is -0.166. The van der Waals surface area contributed by atoms with Crippen molar-refractivity contribution in [2.24, 2.45) is 0 Å². The predicted molar refractivity (Wildman–Crippen MR) is 165 cm³/mol. The molecular formula is C31H40ClFN4O6. The van der Waals surface area contributed by atoms with Crippen LogP contribution in [0.2, 0.25) is 5.02 Å². The molecule has 2 aromatic carbocycles. The molecule has 1 saturated heterocycles. The van der Waals surface area contributed by atoms with Gasteiger partial charge in [0.25, 0.3) is 0 Å². The van der Waals surface area contributed by atoms with E-state index in [1.165, 1.54) is 31.5 Å². The molecule has 3 aromatic rings. The Hall–Kier alpha value is -3.69. The molecule has 2 atom stereocenters. The molecule has 234 valence electrons. The number of halogens is 2. The first-order chi connectivity index (χ1) is 20.8. The predicted octanol–water partition coefficient (Wildman–Crippen LogP) is 5.44.